The molecule has 1 saturated carbocycles. The van der Waals surface area contributed by atoms with Gasteiger partial charge in [0, 0.05) is 10.1 Å². The van der Waals surface area contributed by atoms with Crippen molar-refractivity contribution in [1.29, 1.82) is 0 Å². The predicted octanol–water partition coefficient (Wildman–Crippen LogP) is 4.88. The van der Waals surface area contributed by atoms with Crippen molar-refractivity contribution in [2.24, 2.45) is 5.92 Å². The lowest BCUT2D eigenvalue weighted by atomic mass is 10.3. The molecule has 0 N–H and O–H groups in total. The van der Waals surface area contributed by atoms with Crippen LogP contribution in [-0.4, -0.2) is 5.25 Å². The topological polar surface area (TPSA) is 0 Å². The summed E-state index contributed by atoms with van der Waals surface area (Å²) >= 11 is 14.0. The van der Waals surface area contributed by atoms with Gasteiger partial charge < -0.3 is 0 Å². The van der Waals surface area contributed by atoms with E-state index in [-0.39, 0.29) is 0 Å². The summed E-state index contributed by atoms with van der Waals surface area (Å²) in [4.78, 5) is 1.04. The third-order valence-electron chi connectivity index (χ3n) is 2.51. The van der Waals surface area contributed by atoms with Crippen molar-refractivity contribution in [3.8, 4) is 0 Å². The van der Waals surface area contributed by atoms with Crippen LogP contribution < -0.4 is 0 Å². The lowest BCUT2D eigenvalue weighted by molar-refractivity contribution is 0.820. The minimum atomic E-state index is 0.632. The van der Waals surface area contributed by atoms with Gasteiger partial charge in [0.2, 0.25) is 0 Å². The summed E-state index contributed by atoms with van der Waals surface area (Å²) in [6.45, 7) is 2.25. The molecule has 14 heavy (non-hydrogen) atoms. The van der Waals surface area contributed by atoms with E-state index in [0.717, 1.165) is 20.9 Å². The van der Waals surface area contributed by atoms with Crippen molar-refractivity contribution in [1.82, 2.24) is 0 Å². The van der Waals surface area contributed by atoms with Crippen molar-refractivity contribution in [2.45, 2.75) is 29.9 Å². The molecule has 3 heteroatoms. The van der Waals surface area contributed by atoms with E-state index >= 15 is 0 Å². The molecular weight excluding hydrogens is 235 g/mol. The molecule has 0 aromatic heterocycles. The Morgan fingerprint density at radius 2 is 1.86 bits per heavy atom. The number of hydrogen-bond acceptors (Lipinski definition) is 1. The second kappa shape index (κ2) is 4.34. The lowest BCUT2D eigenvalue weighted by Gasteiger charge is -2.12. The molecule has 1 aromatic carbocycles. The molecule has 1 unspecified atom stereocenters. The van der Waals surface area contributed by atoms with Crippen LogP contribution in [0.25, 0.3) is 0 Å². The summed E-state index contributed by atoms with van der Waals surface area (Å²) < 4.78 is 0. The zero-order chi connectivity index (χ0) is 10.1. The van der Waals surface area contributed by atoms with Crippen LogP contribution >= 0.6 is 35.0 Å². The molecule has 1 aliphatic rings. The highest BCUT2D eigenvalue weighted by Crippen LogP contribution is 2.44. The zero-order valence-corrected chi connectivity index (χ0v) is 10.3. The van der Waals surface area contributed by atoms with Gasteiger partial charge in [-0.05, 0) is 30.9 Å². The van der Waals surface area contributed by atoms with Crippen LogP contribution in [-0.2, 0) is 0 Å². The van der Waals surface area contributed by atoms with Crippen LogP contribution in [0.2, 0.25) is 10.0 Å². The highest BCUT2D eigenvalue weighted by atomic mass is 35.5. The molecule has 0 saturated heterocycles. The molecule has 1 aliphatic carbocycles. The van der Waals surface area contributed by atoms with E-state index < -0.39 is 0 Å². The van der Waals surface area contributed by atoms with Crippen molar-refractivity contribution < 1.29 is 0 Å². The quantitative estimate of drug-likeness (QED) is 0.685. The normalized spacial score (nSPS) is 18.2. The number of benzene rings is 1. The first-order valence-electron chi connectivity index (χ1n) is 4.79. The standard InChI is InChI=1S/C11H12Cl2S/c1-7(8-5-6-8)14-11-9(12)3-2-4-10(11)13/h2-4,7-8H,5-6H2,1H3. The SMILES string of the molecule is CC(Sc1c(Cl)cccc1Cl)C1CC1. The second-order valence-corrected chi connectivity index (χ2v) is 5.91. The highest BCUT2D eigenvalue weighted by molar-refractivity contribution is 8.00. The third-order valence-corrected chi connectivity index (χ3v) is 4.79. The second-order valence-electron chi connectivity index (χ2n) is 3.71. The maximum atomic E-state index is 6.09. The Labute approximate surface area is 99.0 Å². The molecule has 1 atom stereocenters. The molecule has 1 aromatic rings. The van der Waals surface area contributed by atoms with E-state index in [1.54, 1.807) is 11.8 Å². The predicted molar refractivity (Wildman–Crippen MR) is 64.5 cm³/mol. The van der Waals surface area contributed by atoms with Gasteiger partial charge in [-0.1, -0.05) is 36.2 Å². The molecule has 0 spiro atoms. The fourth-order valence-corrected chi connectivity index (χ4v) is 3.31. The van der Waals surface area contributed by atoms with Gasteiger partial charge in [0.25, 0.3) is 0 Å². The molecule has 0 aliphatic heterocycles. The third kappa shape index (κ3) is 2.39. The van der Waals surface area contributed by atoms with Crippen molar-refractivity contribution in [3.63, 3.8) is 0 Å². The van der Waals surface area contributed by atoms with Crippen molar-refractivity contribution in [3.05, 3.63) is 28.2 Å². The van der Waals surface area contributed by atoms with Crippen LogP contribution in [0.5, 0.6) is 0 Å². The van der Waals surface area contributed by atoms with Gasteiger partial charge in [0.15, 0.2) is 0 Å². The van der Waals surface area contributed by atoms with Gasteiger partial charge in [-0.2, -0.15) is 0 Å². The number of hydrogen-bond donors (Lipinski definition) is 0. The Balaban J connectivity index is 2.14. The Bertz CT molecular complexity index is 314. The maximum Gasteiger partial charge on any atom is 0.0557 e. The molecule has 76 valence electrons. The van der Waals surface area contributed by atoms with E-state index in [1.165, 1.54) is 12.8 Å². The molecule has 1 fully saturated rings. The van der Waals surface area contributed by atoms with E-state index in [9.17, 15) is 0 Å². The number of halogens is 2. The van der Waals surface area contributed by atoms with Crippen molar-refractivity contribution >= 4 is 35.0 Å². The van der Waals surface area contributed by atoms with E-state index in [2.05, 4.69) is 6.92 Å². The van der Waals surface area contributed by atoms with Gasteiger partial charge in [-0.3, -0.25) is 0 Å². The van der Waals surface area contributed by atoms with Gasteiger partial charge >= 0.3 is 0 Å². The Morgan fingerprint density at radius 1 is 1.29 bits per heavy atom. The van der Waals surface area contributed by atoms with Crippen LogP contribution in [0.3, 0.4) is 0 Å². The summed E-state index contributed by atoms with van der Waals surface area (Å²) in [6, 6.07) is 5.68. The summed E-state index contributed by atoms with van der Waals surface area (Å²) in [5.41, 5.74) is 0. The van der Waals surface area contributed by atoms with Crippen LogP contribution in [0.4, 0.5) is 0 Å². The molecule has 0 bridgehead atoms. The lowest BCUT2D eigenvalue weighted by Crippen LogP contribution is -1.98. The molecule has 2 rings (SSSR count). The van der Waals surface area contributed by atoms with E-state index in [4.69, 9.17) is 23.2 Å². The molecular formula is C11H12Cl2S. The van der Waals surface area contributed by atoms with Gasteiger partial charge in [-0.25, -0.2) is 0 Å². The minimum Gasteiger partial charge on any atom is -0.120 e. The zero-order valence-electron chi connectivity index (χ0n) is 7.97. The van der Waals surface area contributed by atoms with Crippen LogP contribution in [0, 0.1) is 5.92 Å². The highest BCUT2D eigenvalue weighted by Gasteiger charge is 2.29. The monoisotopic (exact) mass is 246 g/mol. The minimum absolute atomic E-state index is 0.632. The van der Waals surface area contributed by atoms with Crippen molar-refractivity contribution in [2.75, 3.05) is 0 Å². The first-order chi connectivity index (χ1) is 6.68. The number of rotatable bonds is 3. The summed E-state index contributed by atoms with van der Waals surface area (Å²) in [5, 5.41) is 2.18. The van der Waals surface area contributed by atoms with Gasteiger partial charge in [-0.15, -0.1) is 11.8 Å². The van der Waals surface area contributed by atoms with Crippen LogP contribution in [0.15, 0.2) is 23.1 Å². The average Bonchev–Trinajstić information content (AvgIpc) is 2.94. The smallest absolute Gasteiger partial charge is 0.0557 e. The maximum absolute atomic E-state index is 6.09. The molecule has 0 heterocycles. The first-order valence-corrected chi connectivity index (χ1v) is 6.42. The Morgan fingerprint density at radius 3 is 2.36 bits per heavy atom. The summed E-state index contributed by atoms with van der Waals surface area (Å²) in [6.07, 6.45) is 2.71. The fraction of sp³-hybridized carbons (Fsp3) is 0.455. The Hall–Kier alpha value is 0.150. The largest absolute Gasteiger partial charge is 0.120 e. The number of thioether (sulfide) groups is 1. The molecule has 0 amide bonds. The van der Waals surface area contributed by atoms with Gasteiger partial charge in [0.05, 0.1) is 10.0 Å². The van der Waals surface area contributed by atoms with E-state index in [1.807, 2.05) is 18.2 Å². The van der Waals surface area contributed by atoms with E-state index in [0.29, 0.717) is 5.25 Å². The van der Waals surface area contributed by atoms with Gasteiger partial charge in [0.1, 0.15) is 0 Å². The molecule has 0 radical (unpaired) electrons. The fourth-order valence-electron chi connectivity index (χ4n) is 1.44. The summed E-state index contributed by atoms with van der Waals surface area (Å²) in [5.74, 6) is 0.868. The molecule has 0 nitrogen and oxygen atoms in total. The summed E-state index contributed by atoms with van der Waals surface area (Å²) in [7, 11) is 0. The first kappa shape index (κ1) is 10.7. The Kier molecular flexibility index (Phi) is 3.30. The average molecular weight is 247 g/mol. The van der Waals surface area contributed by atoms with Crippen LogP contribution in [0.1, 0.15) is 19.8 Å².